The molecule has 0 bridgehead atoms. The fourth-order valence-electron chi connectivity index (χ4n) is 2.93. The van der Waals surface area contributed by atoms with E-state index in [1.165, 1.54) is 23.5 Å². The number of hydrogen-bond acceptors (Lipinski definition) is 6. The Balaban J connectivity index is 1.70. The van der Waals surface area contributed by atoms with Gasteiger partial charge in [-0.15, -0.1) is 0 Å². The molecule has 9 heteroatoms. The van der Waals surface area contributed by atoms with E-state index in [-0.39, 0.29) is 11.2 Å². The van der Waals surface area contributed by atoms with Gasteiger partial charge in [0, 0.05) is 22.8 Å². The van der Waals surface area contributed by atoms with Crippen LogP contribution in [-0.4, -0.2) is 16.2 Å². The van der Waals surface area contributed by atoms with Crippen LogP contribution in [0.3, 0.4) is 0 Å². The molecule has 4 rings (SSSR count). The number of nitro groups is 1. The van der Waals surface area contributed by atoms with Crippen molar-refractivity contribution in [2.45, 2.75) is 13.6 Å². The van der Waals surface area contributed by atoms with Crippen molar-refractivity contribution in [2.24, 2.45) is 4.99 Å². The monoisotopic (exact) mass is 414 g/mol. The van der Waals surface area contributed by atoms with E-state index >= 15 is 0 Å². The fourth-order valence-corrected chi connectivity index (χ4v) is 4.07. The number of aryl methyl sites for hydroxylation is 1. The molecule has 1 aliphatic rings. The molecule has 142 valence electrons. The van der Waals surface area contributed by atoms with Crippen molar-refractivity contribution in [1.29, 1.82) is 0 Å². The number of non-ortho nitro benzene ring substituents is 1. The van der Waals surface area contributed by atoms with Gasteiger partial charge in [0.25, 0.3) is 11.2 Å². The zero-order valence-corrected chi connectivity index (χ0v) is 16.4. The summed E-state index contributed by atoms with van der Waals surface area (Å²) >= 11 is 7.50. The lowest BCUT2D eigenvalue weighted by atomic mass is 10.2. The van der Waals surface area contributed by atoms with Gasteiger partial charge in [0.05, 0.1) is 9.46 Å². The average molecular weight is 415 g/mol. The zero-order valence-electron chi connectivity index (χ0n) is 14.8. The number of rotatable bonds is 3. The van der Waals surface area contributed by atoms with Crippen LogP contribution in [0.4, 0.5) is 11.4 Å². The number of anilines is 1. The maximum absolute atomic E-state index is 12.8. The summed E-state index contributed by atoms with van der Waals surface area (Å²) in [6.45, 7) is 2.73. The van der Waals surface area contributed by atoms with Crippen molar-refractivity contribution in [1.82, 2.24) is 4.57 Å². The van der Waals surface area contributed by atoms with Crippen molar-refractivity contribution in [2.75, 3.05) is 11.6 Å². The molecule has 0 N–H and O–H groups in total. The van der Waals surface area contributed by atoms with Crippen molar-refractivity contribution < 1.29 is 4.92 Å². The number of benzene rings is 2. The molecule has 0 saturated heterocycles. The number of nitro benzene ring substituents is 1. The first-order valence-corrected chi connectivity index (χ1v) is 9.63. The van der Waals surface area contributed by atoms with Crippen molar-refractivity contribution in [3.8, 4) is 0 Å². The number of fused-ring (bicyclic) bond motifs is 1. The molecule has 1 aromatic heterocycles. The molecule has 0 atom stereocenters. The predicted molar refractivity (Wildman–Crippen MR) is 110 cm³/mol. The van der Waals surface area contributed by atoms with Gasteiger partial charge in [0.1, 0.15) is 13.3 Å². The minimum atomic E-state index is -0.455. The van der Waals surface area contributed by atoms with E-state index in [0.29, 0.717) is 33.3 Å². The first kappa shape index (κ1) is 18.4. The minimum absolute atomic E-state index is 0.0118. The Bertz CT molecular complexity index is 1260. The van der Waals surface area contributed by atoms with Crippen LogP contribution in [-0.2, 0) is 6.67 Å². The molecule has 1 aliphatic heterocycles. The lowest BCUT2D eigenvalue weighted by Crippen LogP contribution is -2.42. The smallest absolute Gasteiger partial charge is 0.271 e. The summed E-state index contributed by atoms with van der Waals surface area (Å²) in [6, 6.07) is 11.9. The summed E-state index contributed by atoms with van der Waals surface area (Å²) in [4.78, 5) is 30.4. The van der Waals surface area contributed by atoms with E-state index in [2.05, 4.69) is 4.99 Å². The van der Waals surface area contributed by atoms with Crippen LogP contribution in [0.5, 0.6) is 0 Å². The Morgan fingerprint density at radius 2 is 2.11 bits per heavy atom. The molecular formula is C19H15ClN4O3S. The summed E-state index contributed by atoms with van der Waals surface area (Å²) in [6.07, 6.45) is 1.66. The Kier molecular flexibility index (Phi) is 4.74. The first-order valence-electron chi connectivity index (χ1n) is 8.44. The molecule has 0 saturated carbocycles. The quantitative estimate of drug-likeness (QED) is 0.487. The molecule has 0 spiro atoms. The third-order valence-corrected chi connectivity index (χ3v) is 5.93. The topological polar surface area (TPSA) is 80.7 Å². The highest BCUT2D eigenvalue weighted by Gasteiger charge is 2.16. The molecule has 0 amide bonds. The molecule has 0 radical (unpaired) electrons. The molecule has 3 aromatic rings. The molecule has 0 aliphatic carbocycles. The van der Waals surface area contributed by atoms with E-state index in [9.17, 15) is 14.9 Å². The third-order valence-electron chi connectivity index (χ3n) is 4.48. The standard InChI is InChI=1S/C19H15ClN4O3S/c1-12-5-6-14(9-16(12)20)22-10-21-19-23(11-22)18(25)17(28-19)8-13-3-2-4-15(7-13)24(26)27/h2-9H,10-11H2,1H3/b17-8-. The van der Waals surface area contributed by atoms with Crippen molar-refractivity contribution in [3.63, 3.8) is 0 Å². The van der Waals surface area contributed by atoms with Gasteiger partial charge in [-0.05, 0) is 36.3 Å². The van der Waals surface area contributed by atoms with Gasteiger partial charge in [-0.2, -0.15) is 0 Å². The highest BCUT2D eigenvalue weighted by Crippen LogP contribution is 2.23. The van der Waals surface area contributed by atoms with E-state index < -0.39 is 4.92 Å². The maximum Gasteiger partial charge on any atom is 0.271 e. The minimum Gasteiger partial charge on any atom is -0.334 e. The van der Waals surface area contributed by atoms with Gasteiger partial charge in [-0.25, -0.2) is 4.99 Å². The number of aromatic nitrogens is 1. The van der Waals surface area contributed by atoms with Gasteiger partial charge >= 0.3 is 0 Å². The van der Waals surface area contributed by atoms with Crippen molar-refractivity contribution in [3.05, 3.63) is 88.4 Å². The van der Waals surface area contributed by atoms with Gasteiger partial charge in [-0.1, -0.05) is 41.1 Å². The summed E-state index contributed by atoms with van der Waals surface area (Å²) in [7, 11) is 0. The van der Waals surface area contributed by atoms with E-state index in [1.54, 1.807) is 22.8 Å². The second-order valence-electron chi connectivity index (χ2n) is 6.39. The van der Waals surface area contributed by atoms with E-state index in [0.717, 1.165) is 11.3 Å². The van der Waals surface area contributed by atoms with Crippen LogP contribution in [0.15, 0.2) is 52.3 Å². The van der Waals surface area contributed by atoms with Crippen LogP contribution in [0.25, 0.3) is 6.08 Å². The largest absolute Gasteiger partial charge is 0.334 e. The zero-order chi connectivity index (χ0) is 19.8. The normalized spacial score (nSPS) is 13.9. The predicted octanol–water partition coefficient (Wildman–Crippen LogP) is 2.66. The molecule has 0 fully saturated rings. The second kappa shape index (κ2) is 7.21. The Morgan fingerprint density at radius 1 is 1.29 bits per heavy atom. The summed E-state index contributed by atoms with van der Waals surface area (Å²) < 4.78 is 2.09. The van der Waals surface area contributed by atoms with E-state index in [4.69, 9.17) is 11.6 Å². The lowest BCUT2D eigenvalue weighted by Gasteiger charge is -2.26. The molecule has 2 heterocycles. The summed E-state index contributed by atoms with van der Waals surface area (Å²) in [5.41, 5.74) is 2.31. The molecule has 7 nitrogen and oxygen atoms in total. The van der Waals surface area contributed by atoms with Gasteiger partial charge in [0.15, 0.2) is 4.80 Å². The Morgan fingerprint density at radius 3 is 2.86 bits per heavy atom. The number of thiazole rings is 1. The molecular weight excluding hydrogens is 400 g/mol. The molecule has 2 aromatic carbocycles. The van der Waals surface area contributed by atoms with Gasteiger partial charge in [-0.3, -0.25) is 19.5 Å². The van der Waals surface area contributed by atoms with E-state index in [1.807, 2.05) is 30.0 Å². The second-order valence-corrected chi connectivity index (χ2v) is 7.81. The first-order chi connectivity index (χ1) is 13.4. The Labute approximate surface area is 168 Å². The number of halogens is 1. The number of nitrogens with zero attached hydrogens (tertiary/aromatic N) is 4. The van der Waals surface area contributed by atoms with Gasteiger partial charge < -0.3 is 4.90 Å². The SMILES string of the molecule is Cc1ccc(N2CN=c3s/c(=C\c4cccc([N+](=O)[O-])c4)c(=O)n3C2)cc1Cl. The lowest BCUT2D eigenvalue weighted by molar-refractivity contribution is -0.384. The molecule has 28 heavy (non-hydrogen) atoms. The highest BCUT2D eigenvalue weighted by molar-refractivity contribution is 7.07. The summed E-state index contributed by atoms with van der Waals surface area (Å²) in [5, 5.41) is 11.6. The third kappa shape index (κ3) is 3.44. The van der Waals surface area contributed by atoms with Crippen LogP contribution in [0.1, 0.15) is 11.1 Å². The molecule has 0 unspecified atom stereocenters. The van der Waals surface area contributed by atoms with Gasteiger partial charge in [0.2, 0.25) is 0 Å². The van der Waals surface area contributed by atoms with Crippen LogP contribution in [0, 0.1) is 17.0 Å². The van der Waals surface area contributed by atoms with Crippen LogP contribution < -0.4 is 19.8 Å². The Hall–Kier alpha value is -2.97. The summed E-state index contributed by atoms with van der Waals surface area (Å²) in [5.74, 6) is 0. The van der Waals surface area contributed by atoms with Crippen LogP contribution in [0.2, 0.25) is 5.02 Å². The number of hydrogen-bond donors (Lipinski definition) is 0. The van der Waals surface area contributed by atoms with Crippen molar-refractivity contribution >= 4 is 40.4 Å². The fraction of sp³-hybridized carbons (Fsp3) is 0.158. The average Bonchev–Trinajstić information content (AvgIpc) is 2.99. The maximum atomic E-state index is 12.8. The van der Waals surface area contributed by atoms with Crippen LogP contribution >= 0.6 is 22.9 Å². The highest BCUT2D eigenvalue weighted by atomic mass is 35.5.